The number of piperidine rings is 1. The molecule has 0 radical (unpaired) electrons. The summed E-state index contributed by atoms with van der Waals surface area (Å²) in [5.74, 6) is -6.14. The van der Waals surface area contributed by atoms with Crippen LogP contribution in [-0.2, 0) is 19.2 Å². The fourth-order valence-corrected chi connectivity index (χ4v) is 5.36. The molecule has 1 saturated heterocycles. The summed E-state index contributed by atoms with van der Waals surface area (Å²) in [4.78, 5) is 65.1. The Hall–Kier alpha value is -4.51. The average Bonchev–Trinajstić information content (AvgIpc) is 3.71. The summed E-state index contributed by atoms with van der Waals surface area (Å²) < 4.78 is 16.3. The lowest BCUT2D eigenvalue weighted by atomic mass is 9.96. The van der Waals surface area contributed by atoms with Crippen molar-refractivity contribution in [2.24, 2.45) is 29.4 Å². The van der Waals surface area contributed by atoms with Gasteiger partial charge in [0.2, 0.25) is 23.6 Å². The molecule has 4 amide bonds. The number of rotatable bonds is 7. The highest BCUT2D eigenvalue weighted by molar-refractivity contribution is 6.30. The van der Waals surface area contributed by atoms with E-state index >= 15 is 4.39 Å². The summed E-state index contributed by atoms with van der Waals surface area (Å²) in [5, 5.41) is 5.69. The Bertz CT molecular complexity index is 1570. The molecule has 5 rings (SSSR count). The quantitative estimate of drug-likeness (QED) is 0.394. The molecule has 3 atom stereocenters. The van der Waals surface area contributed by atoms with Crippen LogP contribution in [0.1, 0.15) is 12.8 Å². The van der Waals surface area contributed by atoms with Crippen molar-refractivity contribution in [2.75, 3.05) is 23.7 Å². The molecule has 12 heteroatoms. The second kappa shape index (κ2) is 11.5. The molecular formula is C29H27ClFN5O5. The van der Waals surface area contributed by atoms with Gasteiger partial charge in [0.1, 0.15) is 5.82 Å². The summed E-state index contributed by atoms with van der Waals surface area (Å²) in [6, 6.07) is 14.8. The molecule has 0 spiro atoms. The Morgan fingerprint density at radius 3 is 2.15 bits per heavy atom. The fourth-order valence-electron chi connectivity index (χ4n) is 5.24. The van der Waals surface area contributed by atoms with Crippen molar-refractivity contribution < 1.29 is 23.6 Å². The Balaban J connectivity index is 1.34. The van der Waals surface area contributed by atoms with Crippen LogP contribution in [0.25, 0.3) is 5.69 Å². The number of likely N-dealkylation sites (tertiary alicyclic amines) is 1. The Morgan fingerprint density at radius 1 is 0.878 bits per heavy atom. The second-order valence-corrected chi connectivity index (χ2v) is 10.6. The predicted molar refractivity (Wildman–Crippen MR) is 150 cm³/mol. The number of hydrogen-bond donors (Lipinski definition) is 3. The molecule has 1 aromatic heterocycles. The highest BCUT2D eigenvalue weighted by atomic mass is 35.5. The summed E-state index contributed by atoms with van der Waals surface area (Å²) in [6.45, 7) is 0.551. The van der Waals surface area contributed by atoms with E-state index in [1.54, 1.807) is 36.4 Å². The van der Waals surface area contributed by atoms with Gasteiger partial charge < -0.3 is 21.3 Å². The number of nitrogens with two attached hydrogens (primary N) is 1. The van der Waals surface area contributed by atoms with Crippen molar-refractivity contribution in [2.45, 2.75) is 12.8 Å². The minimum Gasteiger partial charge on any atom is -0.369 e. The molecule has 41 heavy (non-hydrogen) atoms. The molecule has 212 valence electrons. The molecule has 2 aliphatic rings. The standard InChI is InChI=1S/C29H27ClFN5O5/c30-17-4-6-18(7-5-17)33-27(39)23-24(25(23)29(41)35-13-10-16(11-14-35)26(32)38)28(40)34-21-9-8-19(15-20(21)31)36-12-2-1-3-22(36)37/h1-9,12,15-16,23-25H,10-11,13-14H2,(H2,32,38)(H,33,39)(H,34,40). The minimum absolute atomic E-state index is 0.153. The van der Waals surface area contributed by atoms with E-state index in [1.807, 2.05) is 0 Å². The number of pyridine rings is 1. The van der Waals surface area contributed by atoms with Crippen LogP contribution in [0, 0.1) is 29.5 Å². The fraction of sp³-hybridized carbons (Fsp3) is 0.276. The molecule has 10 nitrogen and oxygen atoms in total. The highest BCUT2D eigenvalue weighted by Gasteiger charge is 2.63. The van der Waals surface area contributed by atoms with Crippen molar-refractivity contribution in [1.82, 2.24) is 9.47 Å². The zero-order valence-corrected chi connectivity index (χ0v) is 22.5. The predicted octanol–water partition coefficient (Wildman–Crippen LogP) is 2.79. The number of carbonyl (C=O) groups is 4. The van der Waals surface area contributed by atoms with Crippen LogP contribution in [0.15, 0.2) is 71.7 Å². The molecular weight excluding hydrogens is 553 g/mol. The van der Waals surface area contributed by atoms with E-state index in [2.05, 4.69) is 10.6 Å². The number of aromatic nitrogens is 1. The maximum atomic E-state index is 15.0. The van der Waals surface area contributed by atoms with Crippen LogP contribution >= 0.6 is 11.6 Å². The first-order chi connectivity index (χ1) is 19.6. The zero-order valence-electron chi connectivity index (χ0n) is 21.8. The number of nitrogens with zero attached hydrogens (tertiary/aromatic N) is 2. The third-order valence-corrected chi connectivity index (χ3v) is 7.79. The van der Waals surface area contributed by atoms with Crippen LogP contribution in [0.4, 0.5) is 15.8 Å². The molecule has 1 saturated carbocycles. The summed E-state index contributed by atoms with van der Waals surface area (Å²) >= 11 is 5.92. The van der Waals surface area contributed by atoms with Gasteiger partial charge >= 0.3 is 0 Å². The van der Waals surface area contributed by atoms with E-state index in [-0.39, 0.29) is 41.8 Å². The van der Waals surface area contributed by atoms with Crippen LogP contribution in [-0.4, -0.2) is 46.2 Å². The lowest BCUT2D eigenvalue weighted by Gasteiger charge is -2.30. The molecule has 1 aliphatic carbocycles. The number of hydrogen-bond acceptors (Lipinski definition) is 5. The Kier molecular flexibility index (Phi) is 7.89. The molecule has 3 unspecified atom stereocenters. The van der Waals surface area contributed by atoms with Gasteiger partial charge in [0.05, 0.1) is 29.1 Å². The van der Waals surface area contributed by atoms with Gasteiger partial charge in [0.15, 0.2) is 0 Å². The van der Waals surface area contributed by atoms with Gasteiger partial charge in [-0.05, 0) is 55.3 Å². The highest BCUT2D eigenvalue weighted by Crippen LogP contribution is 2.49. The van der Waals surface area contributed by atoms with E-state index in [0.29, 0.717) is 23.6 Å². The third kappa shape index (κ3) is 5.99. The van der Waals surface area contributed by atoms with E-state index in [1.165, 1.54) is 33.9 Å². The van der Waals surface area contributed by atoms with Gasteiger partial charge in [0, 0.05) is 48.0 Å². The number of nitrogens with one attached hydrogen (secondary N) is 2. The van der Waals surface area contributed by atoms with Crippen LogP contribution < -0.4 is 21.9 Å². The first kappa shape index (κ1) is 28.0. The van der Waals surface area contributed by atoms with Crippen molar-refractivity contribution in [3.8, 4) is 5.69 Å². The number of halogens is 2. The maximum absolute atomic E-state index is 15.0. The van der Waals surface area contributed by atoms with Crippen molar-refractivity contribution in [3.05, 3.63) is 88.1 Å². The maximum Gasteiger partial charge on any atom is 0.255 e. The van der Waals surface area contributed by atoms with Gasteiger partial charge in [-0.3, -0.25) is 28.5 Å². The average molecular weight is 580 g/mol. The largest absolute Gasteiger partial charge is 0.369 e. The first-order valence-corrected chi connectivity index (χ1v) is 13.4. The van der Waals surface area contributed by atoms with Gasteiger partial charge in [-0.2, -0.15) is 0 Å². The Labute approximate surface area is 239 Å². The van der Waals surface area contributed by atoms with Crippen LogP contribution in [0.5, 0.6) is 0 Å². The smallest absolute Gasteiger partial charge is 0.255 e. The summed E-state index contributed by atoms with van der Waals surface area (Å²) in [7, 11) is 0. The molecule has 4 N–H and O–H groups in total. The monoisotopic (exact) mass is 579 g/mol. The van der Waals surface area contributed by atoms with E-state index < -0.39 is 41.3 Å². The topological polar surface area (TPSA) is 144 Å². The summed E-state index contributed by atoms with van der Waals surface area (Å²) in [5.41, 5.74) is 5.61. The van der Waals surface area contributed by atoms with E-state index in [0.717, 1.165) is 6.07 Å². The molecule has 2 fully saturated rings. The summed E-state index contributed by atoms with van der Waals surface area (Å²) in [6.07, 6.45) is 2.29. The molecule has 3 aromatic rings. The SMILES string of the molecule is NC(=O)C1CCN(C(=O)C2C(C(=O)Nc3ccc(Cl)cc3)C2C(=O)Nc2ccc(-n3ccccc3=O)cc2F)CC1. The Morgan fingerprint density at radius 2 is 1.54 bits per heavy atom. The molecule has 1 aliphatic heterocycles. The van der Waals surface area contributed by atoms with Gasteiger partial charge in [-0.1, -0.05) is 17.7 Å². The van der Waals surface area contributed by atoms with Crippen molar-refractivity contribution >= 4 is 46.6 Å². The number of benzene rings is 2. The normalized spacial score (nSPS) is 20.2. The van der Waals surface area contributed by atoms with Crippen molar-refractivity contribution in [3.63, 3.8) is 0 Å². The number of anilines is 2. The zero-order chi connectivity index (χ0) is 29.3. The number of primary amides is 1. The van der Waals surface area contributed by atoms with Crippen LogP contribution in [0.3, 0.4) is 0 Å². The molecule has 2 aromatic carbocycles. The van der Waals surface area contributed by atoms with E-state index in [9.17, 15) is 24.0 Å². The van der Waals surface area contributed by atoms with Crippen LogP contribution in [0.2, 0.25) is 5.02 Å². The van der Waals surface area contributed by atoms with Gasteiger partial charge in [-0.15, -0.1) is 0 Å². The van der Waals surface area contributed by atoms with Gasteiger partial charge in [-0.25, -0.2) is 4.39 Å². The lowest BCUT2D eigenvalue weighted by molar-refractivity contribution is -0.137. The van der Waals surface area contributed by atoms with Crippen molar-refractivity contribution in [1.29, 1.82) is 0 Å². The molecule has 2 heterocycles. The first-order valence-electron chi connectivity index (χ1n) is 13.1. The van der Waals surface area contributed by atoms with Gasteiger partial charge in [0.25, 0.3) is 5.56 Å². The minimum atomic E-state index is -1.04. The molecule has 0 bridgehead atoms. The third-order valence-electron chi connectivity index (χ3n) is 7.54. The lowest BCUT2D eigenvalue weighted by Crippen LogP contribution is -2.43. The number of carbonyl (C=O) groups excluding carboxylic acids is 4. The number of amides is 4. The van der Waals surface area contributed by atoms with E-state index in [4.69, 9.17) is 17.3 Å². The second-order valence-electron chi connectivity index (χ2n) is 10.1.